The number of nitrogens with one attached hydrogen (secondary N) is 2. The molecule has 0 bridgehead atoms. The zero-order valence-electron chi connectivity index (χ0n) is 8.23. The van der Waals surface area contributed by atoms with Gasteiger partial charge in [-0.15, -0.1) is 0 Å². The second-order valence-corrected chi connectivity index (χ2v) is 3.54. The van der Waals surface area contributed by atoms with Crippen molar-refractivity contribution in [2.75, 3.05) is 11.9 Å². The first kappa shape index (κ1) is 9.92. The van der Waals surface area contributed by atoms with E-state index >= 15 is 0 Å². The molecule has 1 aromatic rings. The number of nitrogens with zero attached hydrogens (tertiary/aromatic N) is 1. The van der Waals surface area contributed by atoms with E-state index < -0.39 is 0 Å². The molecule has 5 heteroatoms. The first-order valence-electron chi connectivity index (χ1n) is 4.95. The van der Waals surface area contributed by atoms with Gasteiger partial charge in [-0.1, -0.05) is 0 Å². The third-order valence-corrected chi connectivity index (χ3v) is 2.38. The van der Waals surface area contributed by atoms with Gasteiger partial charge in [-0.3, -0.25) is 4.79 Å². The van der Waals surface area contributed by atoms with Crippen molar-refractivity contribution in [1.82, 2.24) is 10.3 Å². The standard InChI is InChI=1S/C10H13N3O2/c14-7-3-4-9(12-6-7)13-10(15)8-2-1-5-11-8/h3-4,6,8,11,14H,1-2,5H2,(H,12,13,15). The second-order valence-electron chi connectivity index (χ2n) is 3.54. The molecule has 1 aliphatic rings. The number of hydrogen-bond acceptors (Lipinski definition) is 4. The van der Waals surface area contributed by atoms with Gasteiger partial charge in [0.2, 0.25) is 5.91 Å². The number of carbonyl (C=O) groups is 1. The quantitative estimate of drug-likeness (QED) is 0.659. The van der Waals surface area contributed by atoms with Gasteiger partial charge in [-0.05, 0) is 31.5 Å². The minimum absolute atomic E-state index is 0.0642. The topological polar surface area (TPSA) is 74.2 Å². The number of pyridine rings is 1. The van der Waals surface area contributed by atoms with Crippen LogP contribution < -0.4 is 10.6 Å². The van der Waals surface area contributed by atoms with Crippen LogP contribution in [0.25, 0.3) is 0 Å². The van der Waals surface area contributed by atoms with Crippen molar-refractivity contribution in [2.45, 2.75) is 18.9 Å². The summed E-state index contributed by atoms with van der Waals surface area (Å²) in [6.45, 7) is 0.890. The van der Waals surface area contributed by atoms with Gasteiger partial charge in [0.15, 0.2) is 0 Å². The smallest absolute Gasteiger partial charge is 0.242 e. The van der Waals surface area contributed by atoms with Crippen molar-refractivity contribution in [3.8, 4) is 5.75 Å². The van der Waals surface area contributed by atoms with Gasteiger partial charge in [0.25, 0.3) is 0 Å². The van der Waals surface area contributed by atoms with Crippen molar-refractivity contribution >= 4 is 11.7 Å². The average molecular weight is 207 g/mol. The fraction of sp³-hybridized carbons (Fsp3) is 0.400. The maximum Gasteiger partial charge on any atom is 0.242 e. The van der Waals surface area contributed by atoms with Gasteiger partial charge >= 0.3 is 0 Å². The van der Waals surface area contributed by atoms with Crippen molar-refractivity contribution in [3.05, 3.63) is 18.3 Å². The fourth-order valence-corrected chi connectivity index (χ4v) is 1.58. The minimum Gasteiger partial charge on any atom is -0.506 e. The van der Waals surface area contributed by atoms with Crippen molar-refractivity contribution in [3.63, 3.8) is 0 Å². The van der Waals surface area contributed by atoms with Gasteiger partial charge in [0.1, 0.15) is 11.6 Å². The van der Waals surface area contributed by atoms with E-state index in [9.17, 15) is 4.79 Å². The molecule has 1 saturated heterocycles. The molecule has 0 aromatic carbocycles. The predicted octanol–water partition coefficient (Wildman–Crippen LogP) is 0.478. The predicted molar refractivity (Wildman–Crippen MR) is 55.6 cm³/mol. The third kappa shape index (κ3) is 2.44. The number of aromatic hydroxyl groups is 1. The minimum atomic E-state index is -0.111. The fourth-order valence-electron chi connectivity index (χ4n) is 1.58. The second kappa shape index (κ2) is 4.27. The van der Waals surface area contributed by atoms with Crippen LogP contribution in [-0.4, -0.2) is 28.6 Å². The van der Waals surface area contributed by atoms with E-state index in [0.29, 0.717) is 5.82 Å². The number of anilines is 1. The van der Waals surface area contributed by atoms with Gasteiger partial charge in [-0.2, -0.15) is 0 Å². The molecular weight excluding hydrogens is 194 g/mol. The Balaban J connectivity index is 1.96. The van der Waals surface area contributed by atoms with E-state index in [1.807, 2.05) is 0 Å². The summed E-state index contributed by atoms with van der Waals surface area (Å²) in [6, 6.07) is 2.95. The summed E-state index contributed by atoms with van der Waals surface area (Å²) in [6.07, 6.45) is 3.20. The Morgan fingerprint density at radius 2 is 2.47 bits per heavy atom. The maximum atomic E-state index is 11.6. The zero-order valence-corrected chi connectivity index (χ0v) is 8.23. The van der Waals surface area contributed by atoms with E-state index in [1.165, 1.54) is 12.3 Å². The highest BCUT2D eigenvalue weighted by Crippen LogP contribution is 2.11. The molecule has 1 amide bonds. The van der Waals surface area contributed by atoms with E-state index in [1.54, 1.807) is 6.07 Å². The van der Waals surface area contributed by atoms with Crippen molar-refractivity contribution < 1.29 is 9.90 Å². The molecule has 0 radical (unpaired) electrons. The molecule has 1 fully saturated rings. The molecule has 15 heavy (non-hydrogen) atoms. The Hall–Kier alpha value is -1.62. The number of hydrogen-bond donors (Lipinski definition) is 3. The van der Waals surface area contributed by atoms with E-state index in [2.05, 4.69) is 15.6 Å². The zero-order chi connectivity index (χ0) is 10.7. The van der Waals surface area contributed by atoms with Crippen LogP contribution >= 0.6 is 0 Å². The summed E-state index contributed by atoms with van der Waals surface area (Å²) in [7, 11) is 0. The normalized spacial score (nSPS) is 20.1. The van der Waals surface area contributed by atoms with Crippen LogP contribution in [0.1, 0.15) is 12.8 Å². The summed E-state index contributed by atoms with van der Waals surface area (Å²) in [5.74, 6) is 0.490. The number of rotatable bonds is 2. The van der Waals surface area contributed by atoms with Crippen LogP contribution in [0.4, 0.5) is 5.82 Å². The monoisotopic (exact) mass is 207 g/mol. The molecule has 0 aliphatic carbocycles. The van der Waals surface area contributed by atoms with Crippen molar-refractivity contribution in [2.24, 2.45) is 0 Å². The summed E-state index contributed by atoms with van der Waals surface area (Å²) in [4.78, 5) is 15.5. The van der Waals surface area contributed by atoms with Crippen LogP contribution in [0.2, 0.25) is 0 Å². The molecule has 2 rings (SSSR count). The Morgan fingerprint density at radius 3 is 3.07 bits per heavy atom. The molecular formula is C10H13N3O2. The summed E-state index contributed by atoms with van der Waals surface area (Å²) >= 11 is 0. The van der Waals surface area contributed by atoms with Gasteiger partial charge in [-0.25, -0.2) is 4.98 Å². The lowest BCUT2D eigenvalue weighted by Gasteiger charge is -2.09. The molecule has 80 valence electrons. The summed E-state index contributed by atoms with van der Waals surface area (Å²) in [5.41, 5.74) is 0. The Morgan fingerprint density at radius 1 is 1.60 bits per heavy atom. The summed E-state index contributed by atoms with van der Waals surface area (Å²) in [5, 5.41) is 14.8. The lowest BCUT2D eigenvalue weighted by Crippen LogP contribution is -2.35. The maximum absolute atomic E-state index is 11.6. The largest absolute Gasteiger partial charge is 0.506 e. The molecule has 3 N–H and O–H groups in total. The SMILES string of the molecule is O=C(Nc1ccc(O)cn1)C1CCCN1. The lowest BCUT2D eigenvalue weighted by atomic mass is 10.2. The molecule has 1 unspecified atom stereocenters. The molecule has 2 heterocycles. The number of carbonyl (C=O) groups excluding carboxylic acids is 1. The Bertz CT molecular complexity index is 344. The van der Waals surface area contributed by atoms with Crippen LogP contribution in [0.15, 0.2) is 18.3 Å². The molecule has 1 aliphatic heterocycles. The lowest BCUT2D eigenvalue weighted by molar-refractivity contribution is -0.117. The van der Waals surface area contributed by atoms with Gasteiger partial charge < -0.3 is 15.7 Å². The highest BCUT2D eigenvalue weighted by Gasteiger charge is 2.21. The molecule has 1 aromatic heterocycles. The van der Waals surface area contributed by atoms with Crippen LogP contribution in [0.3, 0.4) is 0 Å². The molecule has 1 atom stereocenters. The van der Waals surface area contributed by atoms with Gasteiger partial charge in [0.05, 0.1) is 12.2 Å². The first-order valence-corrected chi connectivity index (χ1v) is 4.95. The molecule has 0 spiro atoms. The first-order chi connectivity index (χ1) is 7.25. The van der Waals surface area contributed by atoms with Crippen LogP contribution in [-0.2, 0) is 4.79 Å². The summed E-state index contributed by atoms with van der Waals surface area (Å²) < 4.78 is 0. The Kier molecular flexibility index (Phi) is 2.82. The van der Waals surface area contributed by atoms with E-state index in [-0.39, 0.29) is 17.7 Å². The van der Waals surface area contributed by atoms with Crippen molar-refractivity contribution in [1.29, 1.82) is 0 Å². The van der Waals surface area contributed by atoms with Gasteiger partial charge in [0, 0.05) is 0 Å². The third-order valence-electron chi connectivity index (χ3n) is 2.38. The van der Waals surface area contributed by atoms with E-state index in [4.69, 9.17) is 5.11 Å². The Labute approximate surface area is 87.5 Å². The highest BCUT2D eigenvalue weighted by molar-refractivity contribution is 5.94. The highest BCUT2D eigenvalue weighted by atomic mass is 16.3. The average Bonchev–Trinajstić information content (AvgIpc) is 2.74. The van der Waals surface area contributed by atoms with Crippen LogP contribution in [0, 0.1) is 0 Å². The van der Waals surface area contributed by atoms with Crippen LogP contribution in [0.5, 0.6) is 5.75 Å². The number of aromatic nitrogens is 1. The molecule has 0 saturated carbocycles. The molecule has 5 nitrogen and oxygen atoms in total. The number of amides is 1. The van der Waals surface area contributed by atoms with E-state index in [0.717, 1.165) is 19.4 Å².